The molecule has 10 nitrogen and oxygen atoms in total. The minimum atomic E-state index is -4.71. The maximum absolute atomic E-state index is 13.6. The van der Waals surface area contributed by atoms with Gasteiger partial charge in [-0.15, -0.1) is 0 Å². The monoisotopic (exact) mass is 521 g/mol. The quantitative estimate of drug-likeness (QED) is 0.431. The number of nitrogens with zero attached hydrogens (tertiary/aromatic N) is 4. The van der Waals surface area contributed by atoms with E-state index in [2.05, 4.69) is 30.9 Å². The highest BCUT2D eigenvalue weighted by atomic mass is 32.2. The highest BCUT2D eigenvalue weighted by Crippen LogP contribution is 2.35. The largest absolute Gasteiger partial charge is 0.421 e. The maximum atomic E-state index is 13.6. The van der Waals surface area contributed by atoms with Gasteiger partial charge in [-0.25, -0.2) is 18.4 Å². The number of sulfonamides is 1. The fraction of sp³-hybridized carbons (Fsp3) is 0.273. The van der Waals surface area contributed by atoms with E-state index in [0.29, 0.717) is 28.7 Å². The highest BCUT2D eigenvalue weighted by molar-refractivity contribution is 7.92. The van der Waals surface area contributed by atoms with Crippen LogP contribution in [0.3, 0.4) is 0 Å². The van der Waals surface area contributed by atoms with Crippen LogP contribution in [0.1, 0.15) is 22.3 Å². The predicted molar refractivity (Wildman–Crippen MR) is 129 cm³/mol. The fourth-order valence-corrected chi connectivity index (χ4v) is 4.13. The third-order valence-corrected chi connectivity index (χ3v) is 6.78. The lowest BCUT2D eigenvalue weighted by atomic mass is 10.1. The van der Waals surface area contributed by atoms with E-state index in [1.54, 1.807) is 31.2 Å². The Hall–Kier alpha value is -3.94. The Morgan fingerprint density at radius 3 is 2.64 bits per heavy atom. The standard InChI is InChI=1S/C22H22F3N7O3S/c1-12-13(6-7-26-20(12)32(2)36(3,34)35)10-27-19-16(22(23,24)25)11-28-21(31-19)29-15-4-5-17-14(8-15)9-18(33)30-17/h4-8,11H,9-10H2,1-3H3,(H,30,33)(H2,27,28,29,31). The number of halogens is 3. The Labute approximate surface area is 205 Å². The molecule has 3 aromatic rings. The zero-order chi connectivity index (χ0) is 26.3. The van der Waals surface area contributed by atoms with Crippen molar-refractivity contribution < 1.29 is 26.4 Å². The molecule has 190 valence electrons. The Morgan fingerprint density at radius 1 is 1.19 bits per heavy atom. The molecule has 0 saturated carbocycles. The van der Waals surface area contributed by atoms with Crippen LogP contribution in [0.15, 0.2) is 36.7 Å². The van der Waals surface area contributed by atoms with Crippen LogP contribution >= 0.6 is 0 Å². The number of fused-ring (bicyclic) bond motifs is 1. The van der Waals surface area contributed by atoms with E-state index in [1.807, 2.05) is 0 Å². The van der Waals surface area contributed by atoms with Gasteiger partial charge in [-0.3, -0.25) is 9.10 Å². The first-order valence-electron chi connectivity index (χ1n) is 10.6. The summed E-state index contributed by atoms with van der Waals surface area (Å²) in [6.45, 7) is 1.55. The van der Waals surface area contributed by atoms with Gasteiger partial charge in [0.15, 0.2) is 0 Å². The lowest BCUT2D eigenvalue weighted by molar-refractivity contribution is -0.137. The molecule has 14 heteroatoms. The average molecular weight is 522 g/mol. The van der Waals surface area contributed by atoms with Crippen molar-refractivity contribution >= 4 is 44.9 Å². The van der Waals surface area contributed by atoms with Crippen LogP contribution in [-0.2, 0) is 34.0 Å². The van der Waals surface area contributed by atoms with Gasteiger partial charge in [0.1, 0.15) is 17.2 Å². The molecule has 0 saturated heterocycles. The minimum absolute atomic E-state index is 0.0771. The second-order valence-corrected chi connectivity index (χ2v) is 10.2. The van der Waals surface area contributed by atoms with Gasteiger partial charge in [0.25, 0.3) is 0 Å². The van der Waals surface area contributed by atoms with E-state index in [9.17, 15) is 26.4 Å². The van der Waals surface area contributed by atoms with Crippen LogP contribution in [0.2, 0.25) is 0 Å². The Morgan fingerprint density at radius 2 is 1.94 bits per heavy atom. The first-order valence-corrected chi connectivity index (χ1v) is 12.4. The zero-order valence-corrected chi connectivity index (χ0v) is 20.3. The van der Waals surface area contributed by atoms with Gasteiger partial charge in [0.05, 0.1) is 12.7 Å². The van der Waals surface area contributed by atoms with E-state index >= 15 is 0 Å². The summed E-state index contributed by atoms with van der Waals surface area (Å²) >= 11 is 0. The SMILES string of the molecule is Cc1c(CNc2nc(Nc3ccc4c(c3)CC(=O)N4)ncc2C(F)(F)F)ccnc1N(C)S(C)(=O)=O. The molecule has 0 aliphatic carbocycles. The molecule has 0 spiro atoms. The number of amides is 1. The number of carbonyl (C=O) groups excluding carboxylic acids is 1. The molecule has 0 unspecified atom stereocenters. The zero-order valence-electron chi connectivity index (χ0n) is 19.4. The first kappa shape index (κ1) is 25.2. The van der Waals surface area contributed by atoms with Gasteiger partial charge in [-0.05, 0) is 47.9 Å². The van der Waals surface area contributed by atoms with Crippen LogP contribution in [0.4, 0.5) is 42.1 Å². The number of carbonyl (C=O) groups is 1. The van der Waals surface area contributed by atoms with Gasteiger partial charge in [0.2, 0.25) is 21.9 Å². The number of alkyl halides is 3. The van der Waals surface area contributed by atoms with Gasteiger partial charge < -0.3 is 16.0 Å². The molecular weight excluding hydrogens is 499 g/mol. The van der Waals surface area contributed by atoms with Crippen molar-refractivity contribution in [3.05, 3.63) is 58.9 Å². The van der Waals surface area contributed by atoms with E-state index in [0.717, 1.165) is 16.1 Å². The number of benzene rings is 1. The summed E-state index contributed by atoms with van der Waals surface area (Å²) in [6, 6.07) is 6.61. The third kappa shape index (κ3) is 5.32. The van der Waals surface area contributed by atoms with Crippen molar-refractivity contribution in [1.29, 1.82) is 0 Å². The first-order chi connectivity index (χ1) is 16.8. The molecule has 1 aliphatic rings. The van der Waals surface area contributed by atoms with Crippen LogP contribution in [0, 0.1) is 6.92 Å². The fourth-order valence-electron chi connectivity index (χ4n) is 3.63. The molecule has 2 aromatic heterocycles. The number of rotatable bonds is 7. The number of aromatic nitrogens is 3. The molecule has 36 heavy (non-hydrogen) atoms. The van der Waals surface area contributed by atoms with Gasteiger partial charge >= 0.3 is 6.18 Å². The summed E-state index contributed by atoms with van der Waals surface area (Å²) in [7, 11) is -2.24. The van der Waals surface area contributed by atoms with Crippen LogP contribution in [0.5, 0.6) is 0 Å². The number of hydrogen-bond acceptors (Lipinski definition) is 8. The summed E-state index contributed by atoms with van der Waals surface area (Å²) in [4.78, 5) is 23.5. The number of anilines is 5. The molecule has 0 atom stereocenters. The van der Waals surface area contributed by atoms with E-state index in [4.69, 9.17) is 0 Å². The predicted octanol–water partition coefficient (Wildman–Crippen LogP) is 3.44. The molecule has 1 aliphatic heterocycles. The minimum Gasteiger partial charge on any atom is -0.365 e. The molecule has 0 radical (unpaired) electrons. The second-order valence-electron chi connectivity index (χ2n) is 8.18. The maximum Gasteiger partial charge on any atom is 0.421 e. The van der Waals surface area contributed by atoms with Crippen molar-refractivity contribution in [3.8, 4) is 0 Å². The summed E-state index contributed by atoms with van der Waals surface area (Å²) in [6.07, 6.45) is -1.42. The molecule has 3 N–H and O–H groups in total. The molecule has 0 fully saturated rings. The van der Waals surface area contributed by atoms with Gasteiger partial charge in [-0.2, -0.15) is 18.2 Å². The smallest absolute Gasteiger partial charge is 0.365 e. The molecular formula is C22H22F3N7O3S. The molecule has 1 aromatic carbocycles. The lowest BCUT2D eigenvalue weighted by Crippen LogP contribution is -2.27. The number of nitrogens with one attached hydrogen (secondary N) is 3. The summed E-state index contributed by atoms with van der Waals surface area (Å²) in [5, 5.41) is 8.26. The van der Waals surface area contributed by atoms with E-state index < -0.39 is 27.6 Å². The van der Waals surface area contributed by atoms with Gasteiger partial charge in [0, 0.05) is 37.4 Å². The number of hydrogen-bond donors (Lipinski definition) is 3. The molecule has 4 rings (SSSR count). The van der Waals surface area contributed by atoms with E-state index in [-0.39, 0.29) is 30.6 Å². The average Bonchev–Trinajstić information content (AvgIpc) is 3.16. The Bertz CT molecular complexity index is 1450. The topological polar surface area (TPSA) is 129 Å². The Kier molecular flexibility index (Phi) is 6.47. The molecule has 1 amide bonds. The normalized spacial score (nSPS) is 13.2. The van der Waals surface area contributed by atoms with E-state index in [1.165, 1.54) is 13.2 Å². The van der Waals surface area contributed by atoms with Crippen molar-refractivity contribution in [2.45, 2.75) is 26.1 Å². The lowest BCUT2D eigenvalue weighted by Gasteiger charge is -2.20. The summed E-state index contributed by atoms with van der Waals surface area (Å²) < 4.78 is 65.7. The number of pyridine rings is 1. The molecule has 3 heterocycles. The summed E-state index contributed by atoms with van der Waals surface area (Å²) in [5.41, 5.74) is 1.90. The highest BCUT2D eigenvalue weighted by Gasteiger charge is 2.35. The van der Waals surface area contributed by atoms with Crippen molar-refractivity contribution in [2.24, 2.45) is 0 Å². The van der Waals surface area contributed by atoms with Crippen LogP contribution in [0.25, 0.3) is 0 Å². The third-order valence-electron chi connectivity index (χ3n) is 5.61. The second kappa shape index (κ2) is 9.26. The van der Waals surface area contributed by atoms with Crippen molar-refractivity contribution in [3.63, 3.8) is 0 Å². The summed E-state index contributed by atoms with van der Waals surface area (Å²) in [5.74, 6) is -0.502. The van der Waals surface area contributed by atoms with Crippen LogP contribution < -0.4 is 20.3 Å². The van der Waals surface area contributed by atoms with Gasteiger partial charge in [-0.1, -0.05) is 0 Å². The van der Waals surface area contributed by atoms with Crippen molar-refractivity contribution in [1.82, 2.24) is 15.0 Å². The Balaban J connectivity index is 1.60. The molecule has 0 bridgehead atoms. The van der Waals surface area contributed by atoms with Crippen LogP contribution in [-0.4, -0.2) is 42.6 Å². The van der Waals surface area contributed by atoms with Crippen molar-refractivity contribution in [2.75, 3.05) is 33.6 Å².